The lowest BCUT2D eigenvalue weighted by atomic mass is 9.96. The highest BCUT2D eigenvalue weighted by atomic mass is 19.4. The number of carboxylic acids is 1. The third-order valence-electron chi connectivity index (χ3n) is 4.41. The molecule has 0 bridgehead atoms. The molecule has 2 amide bonds. The van der Waals surface area contributed by atoms with Crippen LogP contribution in [0.3, 0.4) is 0 Å². The molecule has 0 radical (unpaired) electrons. The van der Waals surface area contributed by atoms with Crippen LogP contribution in [0.25, 0.3) is 0 Å². The average Bonchev–Trinajstić information content (AvgIpc) is 3.08. The Morgan fingerprint density at radius 2 is 1.85 bits per heavy atom. The number of hydrogen-bond acceptors (Lipinski definition) is 4. The number of methoxy groups -OCH3 is 1. The van der Waals surface area contributed by atoms with Gasteiger partial charge in [0.1, 0.15) is 0 Å². The summed E-state index contributed by atoms with van der Waals surface area (Å²) in [5.41, 5.74) is 1.18. The highest BCUT2D eigenvalue weighted by Crippen LogP contribution is 2.37. The molecule has 148 valence electrons. The third kappa shape index (κ3) is 5.11. The number of carbonyl (C=O) groups is 3. The van der Waals surface area contributed by atoms with E-state index in [1.165, 1.54) is 7.11 Å². The van der Waals surface area contributed by atoms with E-state index in [9.17, 15) is 27.6 Å². The van der Waals surface area contributed by atoms with Crippen molar-refractivity contribution in [2.75, 3.05) is 26.7 Å². The van der Waals surface area contributed by atoms with E-state index in [4.69, 9.17) is 5.11 Å². The van der Waals surface area contributed by atoms with E-state index in [1.54, 1.807) is 24.3 Å². The molecule has 2 atom stereocenters. The van der Waals surface area contributed by atoms with Crippen molar-refractivity contribution in [1.82, 2.24) is 10.2 Å². The number of amides is 2. The number of esters is 1. The summed E-state index contributed by atoms with van der Waals surface area (Å²) in [6, 6.07) is 5.74. The summed E-state index contributed by atoms with van der Waals surface area (Å²) in [5.74, 6) is -5.79. The van der Waals surface area contributed by atoms with Gasteiger partial charge in [0, 0.05) is 19.6 Å². The highest BCUT2D eigenvalue weighted by Gasteiger charge is 2.53. The molecule has 1 saturated heterocycles. The lowest BCUT2D eigenvalue weighted by Gasteiger charge is -2.18. The predicted molar refractivity (Wildman–Crippen MR) is 87.1 cm³/mol. The fourth-order valence-corrected chi connectivity index (χ4v) is 2.90. The maximum atomic E-state index is 12.9. The zero-order chi connectivity index (χ0) is 20.2. The number of nitrogens with one attached hydrogen (secondary N) is 1. The van der Waals surface area contributed by atoms with E-state index >= 15 is 0 Å². The lowest BCUT2D eigenvalue weighted by Crippen LogP contribution is -2.40. The highest BCUT2D eigenvalue weighted by molar-refractivity contribution is 5.89. The number of rotatable bonds is 5. The standard InChI is InChI=1S/C17H19F3N2O5/c1-27-15(25)11-4-2-10(3-5-11)6-7-21-16(26)22-8-12(14(23)24)13(9-22)17(18,19)20/h2-5,12-13H,6-9H2,1H3,(H,21,26)(H,23,24)/t12-,13-/m1/s1. The number of alkyl halides is 3. The maximum Gasteiger partial charge on any atom is 0.394 e. The molecule has 1 aliphatic rings. The maximum absolute atomic E-state index is 12.9. The molecule has 0 unspecified atom stereocenters. The number of carboxylic acid groups (broad SMARTS) is 1. The van der Waals surface area contributed by atoms with Crippen LogP contribution in [-0.2, 0) is 16.0 Å². The van der Waals surface area contributed by atoms with Crippen molar-refractivity contribution < 1.29 is 37.4 Å². The van der Waals surface area contributed by atoms with Gasteiger partial charge in [-0.05, 0) is 24.1 Å². The predicted octanol–water partition coefficient (Wildman–Crippen LogP) is 1.92. The number of hydrogen-bond donors (Lipinski definition) is 2. The van der Waals surface area contributed by atoms with E-state index in [-0.39, 0.29) is 6.54 Å². The first-order valence-electron chi connectivity index (χ1n) is 8.13. The molecular weight excluding hydrogens is 369 g/mol. The second-order valence-corrected chi connectivity index (χ2v) is 6.17. The van der Waals surface area contributed by atoms with Crippen LogP contribution < -0.4 is 5.32 Å². The number of ether oxygens (including phenoxy) is 1. The quantitative estimate of drug-likeness (QED) is 0.752. The third-order valence-corrected chi connectivity index (χ3v) is 4.41. The lowest BCUT2D eigenvalue weighted by molar-refractivity contribution is -0.187. The molecular formula is C17H19F3N2O5. The Kier molecular flexibility index (Phi) is 6.29. The number of halogens is 3. The minimum Gasteiger partial charge on any atom is -0.481 e. The smallest absolute Gasteiger partial charge is 0.394 e. The van der Waals surface area contributed by atoms with Crippen LogP contribution in [0, 0.1) is 11.8 Å². The molecule has 2 rings (SSSR count). The molecule has 0 spiro atoms. The molecule has 1 aliphatic heterocycles. The van der Waals surface area contributed by atoms with Crippen molar-refractivity contribution in [1.29, 1.82) is 0 Å². The van der Waals surface area contributed by atoms with Crippen molar-refractivity contribution in [2.45, 2.75) is 12.6 Å². The van der Waals surface area contributed by atoms with Crippen molar-refractivity contribution in [2.24, 2.45) is 11.8 Å². The molecule has 10 heteroatoms. The summed E-state index contributed by atoms with van der Waals surface area (Å²) in [6.07, 6.45) is -4.29. The number of benzene rings is 1. The largest absolute Gasteiger partial charge is 0.481 e. The number of aliphatic carboxylic acids is 1. The minimum atomic E-state index is -4.68. The van der Waals surface area contributed by atoms with Crippen LogP contribution in [0.2, 0.25) is 0 Å². The zero-order valence-electron chi connectivity index (χ0n) is 14.5. The molecule has 27 heavy (non-hydrogen) atoms. The topological polar surface area (TPSA) is 95.9 Å². The van der Waals surface area contributed by atoms with Crippen molar-refractivity contribution >= 4 is 18.0 Å². The Labute approximate surface area is 153 Å². The molecule has 1 aromatic rings. The van der Waals surface area contributed by atoms with Gasteiger partial charge in [-0.2, -0.15) is 13.2 Å². The van der Waals surface area contributed by atoms with E-state index < -0.39 is 49.1 Å². The second kappa shape index (κ2) is 8.28. The van der Waals surface area contributed by atoms with Gasteiger partial charge in [0.25, 0.3) is 0 Å². The van der Waals surface area contributed by atoms with Gasteiger partial charge in [-0.25, -0.2) is 9.59 Å². The van der Waals surface area contributed by atoms with Gasteiger partial charge in [-0.15, -0.1) is 0 Å². The Hall–Kier alpha value is -2.78. The van der Waals surface area contributed by atoms with Gasteiger partial charge < -0.3 is 20.1 Å². The summed E-state index contributed by atoms with van der Waals surface area (Å²) in [7, 11) is 1.27. The summed E-state index contributed by atoms with van der Waals surface area (Å²) >= 11 is 0. The van der Waals surface area contributed by atoms with Gasteiger partial charge >= 0.3 is 24.1 Å². The molecule has 1 aromatic carbocycles. The Morgan fingerprint density at radius 1 is 1.22 bits per heavy atom. The Balaban J connectivity index is 1.87. The molecule has 0 saturated carbocycles. The molecule has 1 fully saturated rings. The van der Waals surface area contributed by atoms with E-state index in [0.29, 0.717) is 12.0 Å². The number of nitrogens with zero attached hydrogens (tertiary/aromatic N) is 1. The van der Waals surface area contributed by atoms with Crippen molar-refractivity contribution in [3.05, 3.63) is 35.4 Å². The fraction of sp³-hybridized carbons (Fsp3) is 0.471. The van der Waals surface area contributed by atoms with Crippen LogP contribution in [0.5, 0.6) is 0 Å². The van der Waals surface area contributed by atoms with Crippen LogP contribution in [0.4, 0.5) is 18.0 Å². The molecule has 7 nitrogen and oxygen atoms in total. The van der Waals surface area contributed by atoms with Gasteiger partial charge in [0.2, 0.25) is 0 Å². The van der Waals surface area contributed by atoms with E-state index in [2.05, 4.69) is 10.1 Å². The average molecular weight is 388 g/mol. The molecule has 0 aromatic heterocycles. The van der Waals surface area contributed by atoms with Crippen molar-refractivity contribution in [3.8, 4) is 0 Å². The van der Waals surface area contributed by atoms with Crippen molar-refractivity contribution in [3.63, 3.8) is 0 Å². The van der Waals surface area contributed by atoms with E-state index in [1.807, 2.05) is 0 Å². The fourth-order valence-electron chi connectivity index (χ4n) is 2.90. The van der Waals surface area contributed by atoms with Crippen LogP contribution in [-0.4, -0.2) is 60.9 Å². The number of carbonyl (C=O) groups excluding carboxylic acids is 2. The summed E-state index contributed by atoms with van der Waals surface area (Å²) in [4.78, 5) is 35.3. The minimum absolute atomic E-state index is 0.154. The van der Waals surface area contributed by atoms with Crippen LogP contribution in [0.15, 0.2) is 24.3 Å². The first-order chi connectivity index (χ1) is 12.6. The van der Waals surface area contributed by atoms with Gasteiger partial charge in [-0.3, -0.25) is 4.79 Å². The molecule has 0 aliphatic carbocycles. The summed E-state index contributed by atoms with van der Waals surface area (Å²) < 4.78 is 43.4. The first-order valence-corrected chi connectivity index (χ1v) is 8.13. The van der Waals surface area contributed by atoms with Crippen LogP contribution >= 0.6 is 0 Å². The Bertz CT molecular complexity index is 706. The monoisotopic (exact) mass is 388 g/mol. The van der Waals surface area contributed by atoms with Gasteiger partial charge in [0.05, 0.1) is 24.5 Å². The molecule has 2 N–H and O–H groups in total. The summed E-state index contributed by atoms with van der Waals surface area (Å²) in [5, 5.41) is 11.4. The van der Waals surface area contributed by atoms with Gasteiger partial charge in [-0.1, -0.05) is 12.1 Å². The SMILES string of the molecule is COC(=O)c1ccc(CCNC(=O)N2C[C@@H](C(F)(F)F)[C@H](C(=O)O)C2)cc1. The Morgan fingerprint density at radius 3 is 2.33 bits per heavy atom. The molecule has 1 heterocycles. The zero-order valence-corrected chi connectivity index (χ0v) is 14.5. The van der Waals surface area contributed by atoms with E-state index in [0.717, 1.165) is 10.5 Å². The first kappa shape index (κ1) is 20.5. The van der Waals surface area contributed by atoms with Crippen LogP contribution in [0.1, 0.15) is 15.9 Å². The van der Waals surface area contributed by atoms with Gasteiger partial charge in [0.15, 0.2) is 0 Å². The normalized spacial score (nSPS) is 19.6. The second-order valence-electron chi connectivity index (χ2n) is 6.17. The number of urea groups is 1. The summed E-state index contributed by atoms with van der Waals surface area (Å²) in [6.45, 7) is -1.01. The number of likely N-dealkylation sites (tertiary alicyclic amines) is 1.